The van der Waals surface area contributed by atoms with E-state index in [-0.39, 0.29) is 6.10 Å². The van der Waals surface area contributed by atoms with Gasteiger partial charge in [0.2, 0.25) is 0 Å². The van der Waals surface area contributed by atoms with Crippen molar-refractivity contribution in [3.05, 3.63) is 29.8 Å². The molecule has 3 nitrogen and oxygen atoms in total. The molecule has 20 heavy (non-hydrogen) atoms. The number of rotatable bonds is 4. The molecule has 0 bridgehead atoms. The highest BCUT2D eigenvalue weighted by Crippen LogP contribution is 2.33. The minimum atomic E-state index is -0.421. The van der Waals surface area contributed by atoms with Gasteiger partial charge in [-0.3, -0.25) is 0 Å². The summed E-state index contributed by atoms with van der Waals surface area (Å²) in [6, 6.07) is 10.7. The molecule has 1 saturated carbocycles. The first-order chi connectivity index (χ1) is 9.60. The highest BCUT2D eigenvalue weighted by atomic mass is 16.5. The molecule has 0 aromatic heterocycles. The summed E-state index contributed by atoms with van der Waals surface area (Å²) >= 11 is 0. The fraction of sp³-hybridized carbons (Fsp3) is 0.588. The molecular weight excluding hydrogens is 248 g/mol. The molecule has 1 aliphatic rings. The van der Waals surface area contributed by atoms with Gasteiger partial charge in [-0.05, 0) is 43.9 Å². The fourth-order valence-corrected chi connectivity index (χ4v) is 2.95. The lowest BCUT2D eigenvalue weighted by Gasteiger charge is -2.35. The highest BCUT2D eigenvalue weighted by Gasteiger charge is 2.36. The van der Waals surface area contributed by atoms with Crippen molar-refractivity contribution in [1.82, 2.24) is 5.32 Å². The minimum absolute atomic E-state index is 0.121. The van der Waals surface area contributed by atoms with Crippen molar-refractivity contribution in [2.75, 3.05) is 7.05 Å². The number of nitrogens with one attached hydrogen (secondary N) is 1. The first-order valence-corrected chi connectivity index (χ1v) is 7.46. The Morgan fingerprint density at radius 2 is 2.15 bits per heavy atom. The number of nitrogens with zero attached hydrogens (tertiary/aromatic N) is 1. The predicted octanol–water partition coefficient (Wildman–Crippen LogP) is 3.61. The summed E-state index contributed by atoms with van der Waals surface area (Å²) < 4.78 is 6.22. The third kappa shape index (κ3) is 3.13. The van der Waals surface area contributed by atoms with Crippen molar-refractivity contribution in [2.24, 2.45) is 0 Å². The first kappa shape index (κ1) is 14.9. The topological polar surface area (TPSA) is 45.0 Å². The highest BCUT2D eigenvalue weighted by molar-refractivity contribution is 5.35. The van der Waals surface area contributed by atoms with Crippen LogP contribution in [-0.4, -0.2) is 18.7 Å². The Labute approximate surface area is 121 Å². The van der Waals surface area contributed by atoms with E-state index in [1.807, 2.05) is 19.2 Å². The average molecular weight is 272 g/mol. The maximum absolute atomic E-state index is 9.40. The first-order valence-electron chi connectivity index (χ1n) is 7.46. The second kappa shape index (κ2) is 6.28. The zero-order valence-corrected chi connectivity index (χ0v) is 12.6. The smallest absolute Gasteiger partial charge is 0.123 e. The summed E-state index contributed by atoms with van der Waals surface area (Å²) in [5, 5.41) is 12.6. The Balaban J connectivity index is 2.13. The summed E-state index contributed by atoms with van der Waals surface area (Å²) in [6.07, 6.45) is 3.84. The number of para-hydroxylation sites is 1. The standard InChI is InChI=1S/C17H24N2O/c1-13(2)15-8-4-5-9-16(15)20-14-7-6-10-17(11-14,12-18)19-3/h4-5,8-9,13-14,19H,6-7,10-11H2,1-3H3. The molecule has 0 spiro atoms. The van der Waals surface area contributed by atoms with Gasteiger partial charge in [0, 0.05) is 6.42 Å². The molecule has 0 saturated heterocycles. The number of nitriles is 1. The summed E-state index contributed by atoms with van der Waals surface area (Å²) in [4.78, 5) is 0. The van der Waals surface area contributed by atoms with Crippen molar-refractivity contribution in [3.63, 3.8) is 0 Å². The average Bonchev–Trinajstić information content (AvgIpc) is 2.47. The second-order valence-electron chi connectivity index (χ2n) is 5.97. The molecule has 0 radical (unpaired) electrons. The normalized spacial score (nSPS) is 26.2. The molecule has 0 aliphatic heterocycles. The zero-order chi connectivity index (χ0) is 14.6. The van der Waals surface area contributed by atoms with Gasteiger partial charge in [-0.25, -0.2) is 0 Å². The van der Waals surface area contributed by atoms with Gasteiger partial charge < -0.3 is 10.1 Å². The van der Waals surface area contributed by atoms with Gasteiger partial charge in [0.15, 0.2) is 0 Å². The lowest BCUT2D eigenvalue weighted by molar-refractivity contribution is 0.114. The molecule has 1 aliphatic carbocycles. The van der Waals surface area contributed by atoms with Gasteiger partial charge in [-0.1, -0.05) is 32.0 Å². The SMILES string of the molecule is CNC1(C#N)CCCC(Oc2ccccc2C(C)C)C1. The van der Waals surface area contributed by atoms with Crippen LogP contribution in [-0.2, 0) is 0 Å². The quantitative estimate of drug-likeness (QED) is 0.910. The lowest BCUT2D eigenvalue weighted by atomic mass is 9.81. The van der Waals surface area contributed by atoms with Crippen LogP contribution in [0.2, 0.25) is 0 Å². The monoisotopic (exact) mass is 272 g/mol. The van der Waals surface area contributed by atoms with Gasteiger partial charge >= 0.3 is 0 Å². The molecule has 2 unspecified atom stereocenters. The van der Waals surface area contributed by atoms with E-state index >= 15 is 0 Å². The van der Waals surface area contributed by atoms with Crippen molar-refractivity contribution in [1.29, 1.82) is 5.26 Å². The van der Waals surface area contributed by atoms with E-state index in [9.17, 15) is 5.26 Å². The van der Waals surface area contributed by atoms with E-state index in [1.54, 1.807) is 0 Å². The van der Waals surface area contributed by atoms with Gasteiger partial charge in [0.05, 0.1) is 6.07 Å². The summed E-state index contributed by atoms with van der Waals surface area (Å²) in [7, 11) is 1.87. The second-order valence-corrected chi connectivity index (χ2v) is 5.97. The van der Waals surface area contributed by atoms with Crippen molar-refractivity contribution < 1.29 is 4.74 Å². The van der Waals surface area contributed by atoms with Crippen molar-refractivity contribution >= 4 is 0 Å². The van der Waals surface area contributed by atoms with Crippen LogP contribution in [0, 0.1) is 11.3 Å². The number of hydrogen-bond donors (Lipinski definition) is 1. The zero-order valence-electron chi connectivity index (χ0n) is 12.6. The van der Waals surface area contributed by atoms with Crippen LogP contribution < -0.4 is 10.1 Å². The number of ether oxygens (including phenoxy) is 1. The number of hydrogen-bond acceptors (Lipinski definition) is 3. The van der Waals surface area contributed by atoms with Gasteiger partial charge in [0.25, 0.3) is 0 Å². The van der Waals surface area contributed by atoms with Crippen LogP contribution in [0.25, 0.3) is 0 Å². The Bertz CT molecular complexity index is 492. The van der Waals surface area contributed by atoms with E-state index in [1.165, 1.54) is 5.56 Å². The molecule has 1 aromatic rings. The van der Waals surface area contributed by atoms with Crippen LogP contribution in [0.3, 0.4) is 0 Å². The Morgan fingerprint density at radius 1 is 1.40 bits per heavy atom. The molecular formula is C17H24N2O. The molecule has 2 atom stereocenters. The molecule has 2 rings (SSSR count). The molecule has 3 heteroatoms. The lowest BCUT2D eigenvalue weighted by Crippen LogP contribution is -2.48. The van der Waals surface area contributed by atoms with Crippen LogP contribution in [0.15, 0.2) is 24.3 Å². The third-order valence-corrected chi connectivity index (χ3v) is 4.23. The van der Waals surface area contributed by atoms with E-state index in [0.29, 0.717) is 5.92 Å². The molecule has 1 N–H and O–H groups in total. The maximum atomic E-state index is 9.40. The Hall–Kier alpha value is -1.53. The van der Waals surface area contributed by atoms with Crippen LogP contribution in [0.5, 0.6) is 5.75 Å². The summed E-state index contributed by atoms with van der Waals surface area (Å²) in [6.45, 7) is 4.35. The predicted molar refractivity (Wildman–Crippen MR) is 80.8 cm³/mol. The van der Waals surface area contributed by atoms with Crippen LogP contribution in [0.4, 0.5) is 0 Å². The third-order valence-electron chi connectivity index (χ3n) is 4.23. The van der Waals surface area contributed by atoms with Gasteiger partial charge in [-0.15, -0.1) is 0 Å². The molecule has 0 amide bonds. The van der Waals surface area contributed by atoms with Crippen LogP contribution >= 0.6 is 0 Å². The summed E-state index contributed by atoms with van der Waals surface area (Å²) in [5.41, 5.74) is 0.820. The molecule has 108 valence electrons. The van der Waals surface area contributed by atoms with E-state index in [4.69, 9.17) is 4.74 Å². The van der Waals surface area contributed by atoms with Gasteiger partial charge in [0.1, 0.15) is 17.4 Å². The summed E-state index contributed by atoms with van der Waals surface area (Å²) in [5.74, 6) is 1.41. The Morgan fingerprint density at radius 3 is 2.80 bits per heavy atom. The van der Waals surface area contributed by atoms with Crippen molar-refractivity contribution in [3.8, 4) is 11.8 Å². The molecule has 0 heterocycles. The van der Waals surface area contributed by atoms with Crippen LogP contribution in [0.1, 0.15) is 51.0 Å². The maximum Gasteiger partial charge on any atom is 0.123 e. The number of benzene rings is 1. The van der Waals surface area contributed by atoms with Crippen molar-refractivity contribution in [2.45, 2.75) is 57.1 Å². The van der Waals surface area contributed by atoms with E-state index in [0.717, 1.165) is 31.4 Å². The van der Waals surface area contributed by atoms with E-state index < -0.39 is 5.54 Å². The Kier molecular flexibility index (Phi) is 4.67. The fourth-order valence-electron chi connectivity index (χ4n) is 2.95. The molecule has 1 fully saturated rings. The van der Waals surface area contributed by atoms with Gasteiger partial charge in [-0.2, -0.15) is 5.26 Å². The minimum Gasteiger partial charge on any atom is -0.490 e. The molecule has 1 aromatic carbocycles. The van der Waals surface area contributed by atoms with E-state index in [2.05, 4.69) is 37.4 Å². The largest absolute Gasteiger partial charge is 0.490 e.